The summed E-state index contributed by atoms with van der Waals surface area (Å²) in [6, 6.07) is -0.262. The number of carbonyl (C=O) groups excluding carboxylic acids is 1. The summed E-state index contributed by atoms with van der Waals surface area (Å²) in [6.07, 6.45) is 1.30. The van der Waals surface area contributed by atoms with Gasteiger partial charge in [0.25, 0.3) is 0 Å². The van der Waals surface area contributed by atoms with Crippen LogP contribution in [0.25, 0.3) is 0 Å². The van der Waals surface area contributed by atoms with E-state index >= 15 is 0 Å². The van der Waals surface area contributed by atoms with Crippen molar-refractivity contribution in [2.75, 3.05) is 6.54 Å². The number of carboxylic acids is 1. The number of hydrogen-bond donors (Lipinski definition) is 3. The average molecular weight is 242 g/mol. The molecule has 0 saturated heterocycles. The van der Waals surface area contributed by atoms with Crippen molar-refractivity contribution in [2.24, 2.45) is 10.8 Å². The topological polar surface area (TPSA) is 78.4 Å². The lowest BCUT2D eigenvalue weighted by Gasteiger charge is -2.28. The third-order valence-electron chi connectivity index (χ3n) is 3.54. The highest BCUT2D eigenvalue weighted by Crippen LogP contribution is 2.45. The average Bonchev–Trinajstić information content (AvgIpc) is 2.94. The molecule has 0 aromatic heterocycles. The fourth-order valence-electron chi connectivity index (χ4n) is 1.33. The van der Waals surface area contributed by atoms with Gasteiger partial charge in [-0.1, -0.05) is 20.8 Å². The molecule has 1 unspecified atom stereocenters. The lowest BCUT2D eigenvalue weighted by Crippen LogP contribution is -2.48. The molecule has 17 heavy (non-hydrogen) atoms. The fraction of sp³-hybridized carbons (Fsp3) is 0.833. The maximum Gasteiger partial charge on any atom is 0.315 e. The number of amides is 2. The number of carboxylic acid groups (broad SMARTS) is 1. The van der Waals surface area contributed by atoms with Gasteiger partial charge in [0.1, 0.15) is 0 Å². The summed E-state index contributed by atoms with van der Waals surface area (Å²) in [5, 5.41) is 14.4. The number of aliphatic carboxylic acids is 1. The van der Waals surface area contributed by atoms with E-state index in [9.17, 15) is 9.59 Å². The summed E-state index contributed by atoms with van der Waals surface area (Å²) in [5.41, 5.74) is -0.719. The predicted molar refractivity (Wildman–Crippen MR) is 64.8 cm³/mol. The van der Waals surface area contributed by atoms with Gasteiger partial charge in [0.15, 0.2) is 0 Å². The van der Waals surface area contributed by atoms with E-state index in [-0.39, 0.29) is 24.0 Å². The molecule has 3 N–H and O–H groups in total. The Hall–Kier alpha value is -1.26. The quantitative estimate of drug-likeness (QED) is 0.700. The van der Waals surface area contributed by atoms with Crippen molar-refractivity contribution in [3.63, 3.8) is 0 Å². The third kappa shape index (κ3) is 3.61. The molecule has 5 heteroatoms. The van der Waals surface area contributed by atoms with Crippen LogP contribution in [0, 0.1) is 10.8 Å². The molecule has 1 atom stereocenters. The second-order valence-corrected chi connectivity index (χ2v) is 6.00. The summed E-state index contributed by atoms with van der Waals surface area (Å²) in [4.78, 5) is 22.5. The van der Waals surface area contributed by atoms with Gasteiger partial charge in [-0.2, -0.15) is 0 Å². The lowest BCUT2D eigenvalue weighted by molar-refractivity contribution is -0.143. The molecule has 98 valence electrons. The van der Waals surface area contributed by atoms with Gasteiger partial charge in [-0.25, -0.2) is 4.79 Å². The van der Waals surface area contributed by atoms with E-state index in [0.717, 1.165) is 0 Å². The first-order valence-corrected chi connectivity index (χ1v) is 5.95. The number of rotatable bonds is 4. The Balaban J connectivity index is 2.34. The van der Waals surface area contributed by atoms with Gasteiger partial charge >= 0.3 is 12.0 Å². The molecule has 0 aliphatic heterocycles. The molecule has 0 spiro atoms. The fourth-order valence-corrected chi connectivity index (χ4v) is 1.33. The molecule has 0 bridgehead atoms. The van der Waals surface area contributed by atoms with Crippen molar-refractivity contribution in [1.29, 1.82) is 0 Å². The highest BCUT2D eigenvalue weighted by Gasteiger charge is 2.50. The molecule has 1 rings (SSSR count). The minimum atomic E-state index is -0.818. The van der Waals surface area contributed by atoms with Crippen molar-refractivity contribution in [3.8, 4) is 0 Å². The van der Waals surface area contributed by atoms with Gasteiger partial charge in [-0.05, 0) is 25.2 Å². The van der Waals surface area contributed by atoms with Gasteiger partial charge in [-0.15, -0.1) is 0 Å². The van der Waals surface area contributed by atoms with E-state index in [1.165, 1.54) is 0 Å². The highest BCUT2D eigenvalue weighted by atomic mass is 16.4. The maximum absolute atomic E-state index is 11.6. The number of carbonyl (C=O) groups is 2. The summed E-state index contributed by atoms with van der Waals surface area (Å²) in [7, 11) is 0. The molecule has 1 saturated carbocycles. The minimum absolute atomic E-state index is 0.0125. The van der Waals surface area contributed by atoms with Crippen LogP contribution in [0.1, 0.15) is 40.5 Å². The van der Waals surface area contributed by atoms with E-state index < -0.39 is 11.4 Å². The van der Waals surface area contributed by atoms with E-state index in [1.807, 2.05) is 27.7 Å². The first-order chi connectivity index (χ1) is 7.67. The number of nitrogens with one attached hydrogen (secondary N) is 2. The van der Waals surface area contributed by atoms with Crippen molar-refractivity contribution in [2.45, 2.75) is 46.6 Å². The van der Waals surface area contributed by atoms with Crippen molar-refractivity contribution >= 4 is 12.0 Å². The Bertz CT molecular complexity index is 316. The molecular formula is C12H22N2O3. The van der Waals surface area contributed by atoms with Crippen LogP contribution < -0.4 is 10.6 Å². The molecule has 1 aliphatic rings. The Labute approximate surface area is 102 Å². The summed E-state index contributed by atoms with van der Waals surface area (Å²) in [6.45, 7) is 8.27. The van der Waals surface area contributed by atoms with Crippen LogP contribution >= 0.6 is 0 Å². The second kappa shape index (κ2) is 4.55. The Morgan fingerprint density at radius 1 is 1.35 bits per heavy atom. The van der Waals surface area contributed by atoms with Crippen LogP contribution in [-0.4, -0.2) is 29.7 Å². The second-order valence-electron chi connectivity index (χ2n) is 6.00. The van der Waals surface area contributed by atoms with Gasteiger partial charge < -0.3 is 15.7 Å². The van der Waals surface area contributed by atoms with E-state index in [4.69, 9.17) is 5.11 Å². The number of hydrogen-bond acceptors (Lipinski definition) is 2. The molecular weight excluding hydrogens is 220 g/mol. The normalized spacial score (nSPS) is 19.3. The zero-order valence-corrected chi connectivity index (χ0v) is 11.0. The molecule has 1 aliphatic carbocycles. The van der Waals surface area contributed by atoms with Crippen LogP contribution in [0.3, 0.4) is 0 Å². The zero-order valence-electron chi connectivity index (χ0n) is 11.0. The predicted octanol–water partition coefficient (Wildman–Crippen LogP) is 1.58. The van der Waals surface area contributed by atoms with E-state index in [1.54, 1.807) is 0 Å². The molecule has 0 heterocycles. The Kier molecular flexibility index (Phi) is 3.69. The summed E-state index contributed by atoms with van der Waals surface area (Å²) >= 11 is 0. The van der Waals surface area contributed by atoms with Crippen LogP contribution in [-0.2, 0) is 4.79 Å². The Morgan fingerprint density at radius 3 is 2.24 bits per heavy atom. The molecule has 0 aromatic rings. The lowest BCUT2D eigenvalue weighted by atomic mass is 9.88. The van der Waals surface area contributed by atoms with Crippen molar-refractivity contribution in [3.05, 3.63) is 0 Å². The third-order valence-corrected chi connectivity index (χ3v) is 3.54. The van der Waals surface area contributed by atoms with Crippen LogP contribution in [0.4, 0.5) is 4.79 Å². The Morgan fingerprint density at radius 2 is 1.88 bits per heavy atom. The largest absolute Gasteiger partial charge is 0.481 e. The monoisotopic (exact) mass is 242 g/mol. The first kappa shape index (κ1) is 13.8. The van der Waals surface area contributed by atoms with E-state index in [0.29, 0.717) is 12.8 Å². The molecule has 2 amide bonds. The standard InChI is InChI=1S/C12H22N2O3/c1-8(11(2,3)4)14-10(17)13-7-12(5-6-12)9(15)16/h8H,5-7H2,1-4H3,(H,15,16)(H2,13,14,17). The molecule has 0 radical (unpaired) electrons. The molecule has 0 aromatic carbocycles. The van der Waals surface area contributed by atoms with Gasteiger partial charge in [0.2, 0.25) is 0 Å². The zero-order chi connectivity index (χ0) is 13.3. The van der Waals surface area contributed by atoms with Gasteiger partial charge in [-0.3, -0.25) is 4.79 Å². The first-order valence-electron chi connectivity index (χ1n) is 5.95. The minimum Gasteiger partial charge on any atom is -0.481 e. The van der Waals surface area contributed by atoms with Crippen LogP contribution in [0.15, 0.2) is 0 Å². The smallest absolute Gasteiger partial charge is 0.315 e. The van der Waals surface area contributed by atoms with Crippen LogP contribution in [0.2, 0.25) is 0 Å². The summed E-state index contributed by atoms with van der Waals surface area (Å²) < 4.78 is 0. The molecule has 5 nitrogen and oxygen atoms in total. The SMILES string of the molecule is CC(NC(=O)NCC1(C(=O)O)CC1)C(C)(C)C. The van der Waals surface area contributed by atoms with Crippen molar-refractivity contribution in [1.82, 2.24) is 10.6 Å². The van der Waals surface area contributed by atoms with Crippen LogP contribution in [0.5, 0.6) is 0 Å². The number of urea groups is 1. The van der Waals surface area contributed by atoms with Gasteiger partial charge in [0.05, 0.1) is 5.41 Å². The van der Waals surface area contributed by atoms with Gasteiger partial charge in [0, 0.05) is 12.6 Å². The summed E-state index contributed by atoms with van der Waals surface area (Å²) in [5.74, 6) is -0.818. The van der Waals surface area contributed by atoms with Crippen molar-refractivity contribution < 1.29 is 14.7 Å². The maximum atomic E-state index is 11.6. The highest BCUT2D eigenvalue weighted by molar-refractivity contribution is 5.80. The van der Waals surface area contributed by atoms with E-state index in [2.05, 4.69) is 10.6 Å². The molecule has 1 fully saturated rings.